The van der Waals surface area contributed by atoms with Crippen LogP contribution >= 0.6 is 23.4 Å². The maximum absolute atomic E-state index is 6.22. The Morgan fingerprint density at radius 1 is 1.44 bits per heavy atom. The van der Waals surface area contributed by atoms with Crippen LogP contribution in [-0.4, -0.2) is 10.6 Å². The molecule has 0 fully saturated rings. The lowest BCUT2D eigenvalue weighted by Crippen LogP contribution is -2.16. The zero-order chi connectivity index (χ0) is 11.5. The van der Waals surface area contributed by atoms with Gasteiger partial charge in [-0.05, 0) is 37.3 Å². The fraction of sp³-hybridized carbons (Fsp3) is 0.571. The summed E-state index contributed by atoms with van der Waals surface area (Å²) in [5, 5.41) is 1.04. The molecule has 0 aliphatic carbocycles. The summed E-state index contributed by atoms with van der Waals surface area (Å²) in [6, 6.07) is 8.78. The van der Waals surface area contributed by atoms with Gasteiger partial charge in [-0.3, -0.25) is 0 Å². The van der Waals surface area contributed by atoms with Gasteiger partial charge in [-0.25, -0.2) is 0 Å². The second-order valence-corrected chi connectivity index (χ2v) is 6.66. The lowest BCUT2D eigenvalue weighted by atomic mass is 9.94. The first-order chi connectivity index (χ1) is 7.70. The van der Waals surface area contributed by atoms with Crippen LogP contribution in [0.1, 0.15) is 32.3 Å². The third-order valence-corrected chi connectivity index (χ3v) is 5.15. The molecular formula is C14H19ClS. The second kappa shape index (κ2) is 5.46. The molecule has 88 valence electrons. The summed E-state index contributed by atoms with van der Waals surface area (Å²) in [5.74, 6) is 0.661. The third kappa shape index (κ3) is 2.75. The van der Waals surface area contributed by atoms with E-state index in [9.17, 15) is 0 Å². The van der Waals surface area contributed by atoms with Crippen LogP contribution in [-0.2, 0) is 6.42 Å². The van der Waals surface area contributed by atoms with Gasteiger partial charge in [0.1, 0.15) is 0 Å². The van der Waals surface area contributed by atoms with E-state index in [1.54, 1.807) is 0 Å². The van der Waals surface area contributed by atoms with Gasteiger partial charge in [-0.15, -0.1) is 23.4 Å². The molecule has 3 atom stereocenters. The average Bonchev–Trinajstić information content (AvgIpc) is 2.67. The lowest BCUT2D eigenvalue weighted by molar-refractivity contribution is 0.455. The van der Waals surface area contributed by atoms with E-state index in [0.717, 1.165) is 5.25 Å². The van der Waals surface area contributed by atoms with Crippen LogP contribution in [0.3, 0.4) is 0 Å². The Bertz CT molecular complexity index is 323. The maximum atomic E-state index is 6.22. The highest BCUT2D eigenvalue weighted by Crippen LogP contribution is 2.40. The van der Waals surface area contributed by atoms with Crippen LogP contribution < -0.4 is 0 Å². The number of benzene rings is 1. The molecule has 1 aromatic rings. The highest BCUT2D eigenvalue weighted by atomic mass is 35.5. The van der Waals surface area contributed by atoms with E-state index < -0.39 is 0 Å². The first-order valence-corrected chi connectivity index (χ1v) is 7.41. The largest absolute Gasteiger partial charge is 0.123 e. The smallest absolute Gasteiger partial charge is 0.0336 e. The SMILES string of the molecule is CCC(CC1Cc2ccccc2S1)C(C)Cl. The van der Waals surface area contributed by atoms with Gasteiger partial charge in [0.05, 0.1) is 0 Å². The average molecular weight is 255 g/mol. The molecule has 0 amide bonds. The number of alkyl halides is 1. The summed E-state index contributed by atoms with van der Waals surface area (Å²) in [6.45, 7) is 4.37. The van der Waals surface area contributed by atoms with Crippen molar-refractivity contribution in [1.82, 2.24) is 0 Å². The zero-order valence-corrected chi connectivity index (χ0v) is 11.5. The topological polar surface area (TPSA) is 0 Å². The van der Waals surface area contributed by atoms with E-state index >= 15 is 0 Å². The van der Waals surface area contributed by atoms with E-state index in [0.29, 0.717) is 11.3 Å². The van der Waals surface area contributed by atoms with E-state index in [1.807, 2.05) is 11.8 Å². The van der Waals surface area contributed by atoms with Crippen LogP contribution in [0.15, 0.2) is 29.2 Å². The molecule has 0 aromatic heterocycles. The Hall–Kier alpha value is -0.140. The minimum absolute atomic E-state index is 0.300. The summed E-state index contributed by atoms with van der Waals surface area (Å²) < 4.78 is 0. The number of thioether (sulfide) groups is 1. The summed E-state index contributed by atoms with van der Waals surface area (Å²) in [7, 11) is 0. The predicted molar refractivity (Wildman–Crippen MR) is 73.5 cm³/mol. The standard InChI is InChI=1S/C14H19ClS/c1-3-11(10(2)15)8-13-9-12-6-4-5-7-14(12)16-13/h4-7,10-11,13H,3,8-9H2,1-2H3. The Labute approximate surface area is 108 Å². The molecule has 2 rings (SSSR count). The summed E-state index contributed by atoms with van der Waals surface area (Å²) >= 11 is 8.26. The number of hydrogen-bond donors (Lipinski definition) is 0. The predicted octanol–water partition coefficient (Wildman–Crippen LogP) is 4.75. The minimum Gasteiger partial charge on any atom is -0.123 e. The number of hydrogen-bond acceptors (Lipinski definition) is 1. The fourth-order valence-electron chi connectivity index (χ4n) is 2.40. The van der Waals surface area contributed by atoms with Crippen molar-refractivity contribution < 1.29 is 0 Å². The van der Waals surface area contributed by atoms with Crippen molar-refractivity contribution in [3.63, 3.8) is 0 Å². The second-order valence-electron chi connectivity index (χ2n) is 4.63. The van der Waals surface area contributed by atoms with Gasteiger partial charge in [0, 0.05) is 15.5 Å². The first kappa shape index (κ1) is 12.3. The molecule has 0 bridgehead atoms. The normalized spacial score (nSPS) is 22.8. The van der Waals surface area contributed by atoms with Gasteiger partial charge >= 0.3 is 0 Å². The molecule has 0 N–H and O–H groups in total. The van der Waals surface area contributed by atoms with Crippen molar-refractivity contribution in [2.75, 3.05) is 0 Å². The molecule has 0 radical (unpaired) electrons. The molecule has 2 heteroatoms. The van der Waals surface area contributed by atoms with E-state index in [2.05, 4.69) is 38.1 Å². The van der Waals surface area contributed by atoms with Crippen molar-refractivity contribution in [3.05, 3.63) is 29.8 Å². The van der Waals surface area contributed by atoms with Gasteiger partial charge in [-0.1, -0.05) is 31.5 Å². The van der Waals surface area contributed by atoms with Crippen LogP contribution in [0.2, 0.25) is 0 Å². The quantitative estimate of drug-likeness (QED) is 0.699. The van der Waals surface area contributed by atoms with Gasteiger partial charge in [0.15, 0.2) is 0 Å². The van der Waals surface area contributed by atoms with Crippen molar-refractivity contribution in [2.24, 2.45) is 5.92 Å². The van der Waals surface area contributed by atoms with Gasteiger partial charge in [0.2, 0.25) is 0 Å². The van der Waals surface area contributed by atoms with Crippen molar-refractivity contribution in [3.8, 4) is 0 Å². The monoisotopic (exact) mass is 254 g/mol. The van der Waals surface area contributed by atoms with Crippen molar-refractivity contribution in [2.45, 2.75) is 48.6 Å². The molecule has 0 nitrogen and oxygen atoms in total. The number of fused-ring (bicyclic) bond motifs is 1. The summed E-state index contributed by atoms with van der Waals surface area (Å²) in [5.41, 5.74) is 1.52. The first-order valence-electron chi connectivity index (χ1n) is 6.09. The van der Waals surface area contributed by atoms with Gasteiger partial charge < -0.3 is 0 Å². The number of halogens is 1. The summed E-state index contributed by atoms with van der Waals surface area (Å²) in [6.07, 6.45) is 3.67. The highest BCUT2D eigenvalue weighted by molar-refractivity contribution is 8.00. The van der Waals surface area contributed by atoms with Gasteiger partial charge in [-0.2, -0.15) is 0 Å². The van der Waals surface area contributed by atoms with Crippen molar-refractivity contribution in [1.29, 1.82) is 0 Å². The van der Waals surface area contributed by atoms with E-state index in [-0.39, 0.29) is 0 Å². The lowest BCUT2D eigenvalue weighted by Gasteiger charge is -2.20. The minimum atomic E-state index is 0.300. The Balaban J connectivity index is 1.96. The van der Waals surface area contributed by atoms with Crippen LogP contribution in [0.25, 0.3) is 0 Å². The number of rotatable bonds is 4. The Morgan fingerprint density at radius 2 is 2.19 bits per heavy atom. The van der Waals surface area contributed by atoms with Crippen LogP contribution in [0.4, 0.5) is 0 Å². The van der Waals surface area contributed by atoms with E-state index in [1.165, 1.54) is 29.7 Å². The summed E-state index contributed by atoms with van der Waals surface area (Å²) in [4.78, 5) is 1.48. The maximum Gasteiger partial charge on any atom is 0.0336 e. The molecule has 1 aliphatic heterocycles. The van der Waals surface area contributed by atoms with Crippen molar-refractivity contribution >= 4 is 23.4 Å². The Kier molecular flexibility index (Phi) is 4.21. The third-order valence-electron chi connectivity index (χ3n) is 3.45. The van der Waals surface area contributed by atoms with Crippen LogP contribution in [0.5, 0.6) is 0 Å². The Morgan fingerprint density at radius 3 is 2.81 bits per heavy atom. The molecular weight excluding hydrogens is 236 g/mol. The van der Waals surface area contributed by atoms with Gasteiger partial charge in [0.25, 0.3) is 0 Å². The molecule has 0 spiro atoms. The molecule has 1 aliphatic rings. The zero-order valence-electron chi connectivity index (χ0n) is 9.95. The van der Waals surface area contributed by atoms with E-state index in [4.69, 9.17) is 11.6 Å². The molecule has 3 unspecified atom stereocenters. The molecule has 16 heavy (non-hydrogen) atoms. The molecule has 0 saturated heterocycles. The van der Waals surface area contributed by atoms with Crippen LogP contribution in [0, 0.1) is 5.92 Å². The molecule has 0 saturated carbocycles. The fourth-order valence-corrected chi connectivity index (χ4v) is 4.11. The molecule has 1 heterocycles. The molecule has 1 aromatic carbocycles. The highest BCUT2D eigenvalue weighted by Gasteiger charge is 2.25.